The van der Waals surface area contributed by atoms with E-state index in [0.29, 0.717) is 30.6 Å². The zero-order valence-electron chi connectivity index (χ0n) is 17.4. The first-order chi connectivity index (χ1) is 15.1. The first kappa shape index (κ1) is 19.4. The standard InChI is InChI=1S/C25H24N4O2/c1-17-19(15-26-16-27-17)23(30)29-14-13-25(20-9-5-6-10-21(20)28-24(25)31)22(29)12-11-18-7-3-2-4-8-18/h2-10,15-16,22H,11-14H2,1H3,(H,28,31)/t22-,25+/m0/s1. The summed E-state index contributed by atoms with van der Waals surface area (Å²) in [7, 11) is 0. The van der Waals surface area contributed by atoms with Crippen molar-refractivity contribution in [1.29, 1.82) is 0 Å². The molecule has 1 saturated heterocycles. The molecule has 6 heteroatoms. The average Bonchev–Trinajstić information content (AvgIpc) is 3.32. The molecule has 3 aromatic rings. The van der Waals surface area contributed by atoms with Crippen LogP contribution in [0, 0.1) is 6.92 Å². The number of fused-ring (bicyclic) bond motifs is 2. The third-order valence-corrected chi connectivity index (χ3v) is 6.71. The van der Waals surface area contributed by atoms with Crippen LogP contribution in [0.5, 0.6) is 0 Å². The van der Waals surface area contributed by atoms with Crippen LogP contribution in [0.4, 0.5) is 5.69 Å². The molecular weight excluding hydrogens is 388 g/mol. The molecule has 0 bridgehead atoms. The van der Waals surface area contributed by atoms with Crippen LogP contribution in [-0.2, 0) is 16.6 Å². The van der Waals surface area contributed by atoms with Crippen LogP contribution in [-0.4, -0.2) is 39.3 Å². The van der Waals surface area contributed by atoms with E-state index in [2.05, 4.69) is 27.4 Å². The highest BCUT2D eigenvalue weighted by atomic mass is 16.2. The molecule has 5 rings (SSSR count). The van der Waals surface area contributed by atoms with Crippen LogP contribution in [0.1, 0.15) is 40.0 Å². The van der Waals surface area contributed by atoms with E-state index in [-0.39, 0.29) is 17.9 Å². The SMILES string of the molecule is Cc1ncncc1C(=O)N1CC[C@]2(C(=O)Nc3ccccc32)[C@@H]1CCc1ccccc1. The predicted molar refractivity (Wildman–Crippen MR) is 118 cm³/mol. The Morgan fingerprint density at radius 2 is 1.94 bits per heavy atom. The minimum absolute atomic E-state index is 0.0110. The number of nitrogens with zero attached hydrogens (tertiary/aromatic N) is 3. The quantitative estimate of drug-likeness (QED) is 0.711. The van der Waals surface area contributed by atoms with Crippen molar-refractivity contribution in [2.45, 2.75) is 37.6 Å². The van der Waals surface area contributed by atoms with Crippen molar-refractivity contribution in [2.75, 3.05) is 11.9 Å². The maximum atomic E-state index is 13.6. The topological polar surface area (TPSA) is 75.2 Å². The van der Waals surface area contributed by atoms with Gasteiger partial charge in [-0.3, -0.25) is 9.59 Å². The first-order valence-electron chi connectivity index (χ1n) is 10.6. The first-order valence-corrected chi connectivity index (χ1v) is 10.6. The molecule has 2 aliphatic heterocycles. The number of para-hydroxylation sites is 1. The highest BCUT2D eigenvalue weighted by Gasteiger charge is 2.58. The Morgan fingerprint density at radius 3 is 2.74 bits per heavy atom. The molecule has 2 aliphatic rings. The number of aryl methyl sites for hydroxylation is 2. The number of benzene rings is 2. The van der Waals surface area contributed by atoms with Gasteiger partial charge in [-0.25, -0.2) is 9.97 Å². The monoisotopic (exact) mass is 412 g/mol. The molecule has 1 fully saturated rings. The summed E-state index contributed by atoms with van der Waals surface area (Å²) in [5.41, 5.74) is 3.46. The van der Waals surface area contributed by atoms with E-state index in [1.807, 2.05) is 54.3 Å². The molecule has 0 radical (unpaired) electrons. The fraction of sp³-hybridized carbons (Fsp3) is 0.280. The van der Waals surface area contributed by atoms with E-state index in [9.17, 15) is 9.59 Å². The van der Waals surface area contributed by atoms with Crippen molar-refractivity contribution >= 4 is 17.5 Å². The largest absolute Gasteiger partial charge is 0.334 e. The molecule has 2 atom stereocenters. The molecule has 3 heterocycles. The van der Waals surface area contributed by atoms with E-state index in [0.717, 1.165) is 17.7 Å². The lowest BCUT2D eigenvalue weighted by molar-refractivity contribution is -0.121. The van der Waals surface area contributed by atoms with Crippen LogP contribution < -0.4 is 5.32 Å². The Hall–Kier alpha value is -3.54. The van der Waals surface area contributed by atoms with Crippen LogP contribution in [0.2, 0.25) is 0 Å². The number of aromatic nitrogens is 2. The molecule has 2 amide bonds. The summed E-state index contributed by atoms with van der Waals surface area (Å²) in [6, 6.07) is 17.8. The van der Waals surface area contributed by atoms with Gasteiger partial charge in [-0.05, 0) is 43.4 Å². The Morgan fingerprint density at radius 1 is 1.16 bits per heavy atom. The van der Waals surface area contributed by atoms with Crippen LogP contribution >= 0.6 is 0 Å². The normalized spacial score (nSPS) is 21.9. The number of likely N-dealkylation sites (tertiary alicyclic amines) is 1. The van der Waals surface area contributed by atoms with E-state index < -0.39 is 5.41 Å². The number of carbonyl (C=O) groups excluding carboxylic acids is 2. The maximum Gasteiger partial charge on any atom is 0.257 e. The summed E-state index contributed by atoms with van der Waals surface area (Å²) >= 11 is 0. The molecule has 1 spiro atoms. The Labute approximate surface area is 181 Å². The van der Waals surface area contributed by atoms with Crippen molar-refractivity contribution in [2.24, 2.45) is 0 Å². The Balaban J connectivity index is 1.55. The molecular formula is C25H24N4O2. The molecule has 156 valence electrons. The second-order valence-corrected chi connectivity index (χ2v) is 8.28. The second kappa shape index (κ2) is 7.61. The van der Waals surface area contributed by atoms with Crippen molar-refractivity contribution < 1.29 is 9.59 Å². The summed E-state index contributed by atoms with van der Waals surface area (Å²) in [4.78, 5) is 37.1. The van der Waals surface area contributed by atoms with E-state index in [4.69, 9.17) is 0 Å². The molecule has 2 aromatic carbocycles. The van der Waals surface area contributed by atoms with Gasteiger partial charge in [0.15, 0.2) is 0 Å². The number of anilines is 1. The lowest BCUT2D eigenvalue weighted by Crippen LogP contribution is -2.49. The Bertz CT molecular complexity index is 1150. The smallest absolute Gasteiger partial charge is 0.257 e. The molecule has 6 nitrogen and oxygen atoms in total. The third kappa shape index (κ3) is 3.10. The summed E-state index contributed by atoms with van der Waals surface area (Å²) in [5.74, 6) is -0.117. The maximum absolute atomic E-state index is 13.6. The van der Waals surface area contributed by atoms with Crippen molar-refractivity contribution in [3.63, 3.8) is 0 Å². The molecule has 0 saturated carbocycles. The zero-order chi connectivity index (χ0) is 21.4. The number of hydrogen-bond donors (Lipinski definition) is 1. The molecule has 0 aliphatic carbocycles. The van der Waals surface area contributed by atoms with Crippen molar-refractivity contribution in [3.8, 4) is 0 Å². The predicted octanol–water partition coefficient (Wildman–Crippen LogP) is 3.52. The highest BCUT2D eigenvalue weighted by molar-refractivity contribution is 6.08. The molecule has 1 aromatic heterocycles. The average molecular weight is 412 g/mol. The minimum Gasteiger partial charge on any atom is -0.334 e. The van der Waals surface area contributed by atoms with Gasteiger partial charge in [0.05, 0.1) is 22.7 Å². The number of carbonyl (C=O) groups is 2. The van der Waals surface area contributed by atoms with Gasteiger partial charge >= 0.3 is 0 Å². The van der Waals surface area contributed by atoms with Gasteiger partial charge < -0.3 is 10.2 Å². The van der Waals surface area contributed by atoms with Crippen molar-refractivity contribution in [1.82, 2.24) is 14.9 Å². The van der Waals surface area contributed by atoms with E-state index in [1.54, 1.807) is 6.20 Å². The fourth-order valence-electron chi connectivity index (χ4n) is 5.15. The van der Waals surface area contributed by atoms with Gasteiger partial charge in [0, 0.05) is 18.4 Å². The molecule has 31 heavy (non-hydrogen) atoms. The third-order valence-electron chi connectivity index (χ3n) is 6.71. The van der Waals surface area contributed by atoms with Gasteiger partial charge in [-0.15, -0.1) is 0 Å². The fourth-order valence-corrected chi connectivity index (χ4v) is 5.15. The number of rotatable bonds is 4. The van der Waals surface area contributed by atoms with Crippen LogP contribution in [0.15, 0.2) is 67.1 Å². The lowest BCUT2D eigenvalue weighted by atomic mass is 9.73. The highest BCUT2D eigenvalue weighted by Crippen LogP contribution is 2.49. The van der Waals surface area contributed by atoms with Crippen LogP contribution in [0.25, 0.3) is 0 Å². The summed E-state index contributed by atoms with van der Waals surface area (Å²) in [6.07, 6.45) is 5.12. The lowest BCUT2D eigenvalue weighted by Gasteiger charge is -2.34. The summed E-state index contributed by atoms with van der Waals surface area (Å²) in [5, 5.41) is 3.07. The van der Waals surface area contributed by atoms with Gasteiger partial charge in [-0.2, -0.15) is 0 Å². The molecule has 1 N–H and O–H groups in total. The summed E-state index contributed by atoms with van der Waals surface area (Å²) in [6.45, 7) is 2.34. The Kier molecular flexibility index (Phi) is 4.77. The van der Waals surface area contributed by atoms with E-state index >= 15 is 0 Å². The van der Waals surface area contributed by atoms with Gasteiger partial charge in [-0.1, -0.05) is 48.5 Å². The van der Waals surface area contributed by atoms with Gasteiger partial charge in [0.25, 0.3) is 5.91 Å². The number of amides is 2. The van der Waals surface area contributed by atoms with Gasteiger partial charge in [0.1, 0.15) is 6.33 Å². The number of nitrogens with one attached hydrogen (secondary N) is 1. The van der Waals surface area contributed by atoms with Crippen LogP contribution in [0.3, 0.4) is 0 Å². The van der Waals surface area contributed by atoms with E-state index in [1.165, 1.54) is 11.9 Å². The molecule has 0 unspecified atom stereocenters. The number of hydrogen-bond acceptors (Lipinski definition) is 4. The van der Waals surface area contributed by atoms with Crippen molar-refractivity contribution in [3.05, 3.63) is 89.5 Å². The minimum atomic E-state index is -0.732. The van der Waals surface area contributed by atoms with Gasteiger partial charge in [0.2, 0.25) is 5.91 Å². The zero-order valence-corrected chi connectivity index (χ0v) is 17.4. The second-order valence-electron chi connectivity index (χ2n) is 8.28. The summed E-state index contributed by atoms with van der Waals surface area (Å²) < 4.78 is 0.